The van der Waals surface area contributed by atoms with Crippen molar-refractivity contribution in [2.75, 3.05) is 12.4 Å². The number of nitrogens with one attached hydrogen (secondary N) is 2. The highest BCUT2D eigenvalue weighted by Crippen LogP contribution is 2.17. The predicted molar refractivity (Wildman–Crippen MR) is 81.8 cm³/mol. The number of methoxy groups -OCH3 is 1. The number of rotatable bonds is 3. The number of hydrogen-bond acceptors (Lipinski definition) is 3. The Hall–Kier alpha value is -2.82. The molecule has 0 aliphatic heterocycles. The highest BCUT2D eigenvalue weighted by atomic mass is 16.5. The summed E-state index contributed by atoms with van der Waals surface area (Å²) in [6.45, 7) is 1.89. The number of amides is 1. The van der Waals surface area contributed by atoms with Crippen LogP contribution in [0.4, 0.5) is 5.69 Å². The van der Waals surface area contributed by atoms with Crippen LogP contribution in [0.1, 0.15) is 16.2 Å². The number of ether oxygens (including phenoxy) is 1. The Morgan fingerprint density at radius 2 is 1.95 bits per heavy atom. The Morgan fingerprint density at radius 1 is 1.19 bits per heavy atom. The number of carbonyl (C=O) groups excluding carboxylic acids is 1. The number of H-pyrrole nitrogens is 1. The van der Waals surface area contributed by atoms with Gasteiger partial charge in [-0.15, -0.1) is 0 Å². The molecule has 0 saturated carbocycles. The van der Waals surface area contributed by atoms with Crippen molar-refractivity contribution < 1.29 is 9.53 Å². The summed E-state index contributed by atoms with van der Waals surface area (Å²) in [6.07, 6.45) is 0. The zero-order valence-corrected chi connectivity index (χ0v) is 11.8. The number of carbonyl (C=O) groups is 1. The summed E-state index contributed by atoms with van der Waals surface area (Å²) in [4.78, 5) is 19.7. The average molecular weight is 281 g/mol. The first-order valence-corrected chi connectivity index (χ1v) is 6.57. The van der Waals surface area contributed by atoms with Gasteiger partial charge in [-0.05, 0) is 49.4 Å². The highest BCUT2D eigenvalue weighted by molar-refractivity contribution is 6.05. The monoisotopic (exact) mass is 281 g/mol. The number of hydrogen-bond donors (Lipinski definition) is 2. The van der Waals surface area contributed by atoms with Crippen molar-refractivity contribution in [3.05, 3.63) is 53.9 Å². The van der Waals surface area contributed by atoms with Crippen LogP contribution in [0.25, 0.3) is 11.0 Å². The van der Waals surface area contributed by atoms with Crippen LogP contribution in [-0.4, -0.2) is 23.0 Å². The minimum absolute atomic E-state index is 0.158. The van der Waals surface area contributed by atoms with E-state index in [1.54, 1.807) is 43.5 Å². The van der Waals surface area contributed by atoms with Crippen LogP contribution < -0.4 is 10.1 Å². The van der Waals surface area contributed by atoms with Gasteiger partial charge in [-0.25, -0.2) is 4.98 Å². The van der Waals surface area contributed by atoms with E-state index in [0.717, 1.165) is 28.3 Å². The van der Waals surface area contributed by atoms with Crippen LogP contribution in [0.5, 0.6) is 5.75 Å². The fourth-order valence-corrected chi connectivity index (χ4v) is 2.16. The van der Waals surface area contributed by atoms with Crippen LogP contribution >= 0.6 is 0 Å². The van der Waals surface area contributed by atoms with Crippen molar-refractivity contribution in [2.45, 2.75) is 6.92 Å². The van der Waals surface area contributed by atoms with Crippen molar-refractivity contribution in [3.8, 4) is 5.75 Å². The zero-order valence-electron chi connectivity index (χ0n) is 11.8. The third kappa shape index (κ3) is 2.72. The molecule has 0 fully saturated rings. The number of aryl methyl sites for hydroxylation is 1. The van der Waals surface area contributed by atoms with Gasteiger partial charge in [0.05, 0.1) is 18.1 Å². The van der Waals surface area contributed by atoms with Crippen molar-refractivity contribution in [3.63, 3.8) is 0 Å². The number of nitrogens with zero attached hydrogens (tertiary/aromatic N) is 1. The molecule has 5 heteroatoms. The number of aromatic nitrogens is 2. The van der Waals surface area contributed by atoms with E-state index in [9.17, 15) is 4.79 Å². The summed E-state index contributed by atoms with van der Waals surface area (Å²) in [6, 6.07) is 12.6. The van der Waals surface area contributed by atoms with Crippen molar-refractivity contribution in [2.24, 2.45) is 0 Å². The maximum absolute atomic E-state index is 12.2. The summed E-state index contributed by atoms with van der Waals surface area (Å²) < 4.78 is 5.09. The largest absolute Gasteiger partial charge is 0.497 e. The van der Waals surface area contributed by atoms with E-state index in [2.05, 4.69) is 15.3 Å². The van der Waals surface area contributed by atoms with Crippen molar-refractivity contribution in [1.29, 1.82) is 0 Å². The molecular formula is C16H15N3O2. The third-order valence-electron chi connectivity index (χ3n) is 3.21. The van der Waals surface area contributed by atoms with Gasteiger partial charge in [0.2, 0.25) is 0 Å². The third-order valence-corrected chi connectivity index (χ3v) is 3.21. The van der Waals surface area contributed by atoms with E-state index in [1.807, 2.05) is 13.0 Å². The molecule has 3 aromatic rings. The number of anilines is 1. The molecule has 106 valence electrons. The number of imidazole rings is 1. The molecule has 5 nitrogen and oxygen atoms in total. The topological polar surface area (TPSA) is 67.0 Å². The van der Waals surface area contributed by atoms with E-state index < -0.39 is 0 Å². The molecule has 0 spiro atoms. The summed E-state index contributed by atoms with van der Waals surface area (Å²) in [5, 5.41) is 2.85. The Balaban J connectivity index is 1.82. The van der Waals surface area contributed by atoms with Crippen LogP contribution in [-0.2, 0) is 0 Å². The molecule has 2 N–H and O–H groups in total. The molecule has 1 amide bonds. The Bertz CT molecular complexity index is 791. The molecule has 21 heavy (non-hydrogen) atoms. The SMILES string of the molecule is COc1ccc(NC(=O)c2ccc3nc(C)[nH]c3c2)cc1. The first kappa shape index (κ1) is 13.2. The lowest BCUT2D eigenvalue weighted by atomic mass is 10.2. The molecule has 0 saturated heterocycles. The fourth-order valence-electron chi connectivity index (χ4n) is 2.16. The first-order chi connectivity index (χ1) is 10.2. The van der Waals surface area contributed by atoms with Gasteiger partial charge in [-0.3, -0.25) is 4.79 Å². The van der Waals surface area contributed by atoms with Gasteiger partial charge in [-0.1, -0.05) is 0 Å². The van der Waals surface area contributed by atoms with E-state index in [0.29, 0.717) is 5.56 Å². The van der Waals surface area contributed by atoms with E-state index >= 15 is 0 Å². The van der Waals surface area contributed by atoms with Crippen LogP contribution in [0, 0.1) is 6.92 Å². The van der Waals surface area contributed by atoms with Crippen LogP contribution in [0.15, 0.2) is 42.5 Å². The van der Waals surface area contributed by atoms with E-state index in [-0.39, 0.29) is 5.91 Å². The summed E-state index contributed by atoms with van der Waals surface area (Å²) in [5.41, 5.74) is 3.02. The predicted octanol–water partition coefficient (Wildman–Crippen LogP) is 3.13. The molecule has 0 bridgehead atoms. The average Bonchev–Trinajstić information content (AvgIpc) is 2.87. The lowest BCUT2D eigenvalue weighted by Gasteiger charge is -2.06. The smallest absolute Gasteiger partial charge is 0.255 e. The summed E-state index contributed by atoms with van der Waals surface area (Å²) in [5.74, 6) is 1.43. The molecule has 1 heterocycles. The standard InChI is InChI=1S/C16H15N3O2/c1-10-17-14-8-3-11(9-15(14)18-10)16(20)19-12-4-6-13(21-2)7-5-12/h3-9H,1-2H3,(H,17,18)(H,19,20). The van der Waals surface area contributed by atoms with Gasteiger partial charge in [-0.2, -0.15) is 0 Å². The summed E-state index contributed by atoms with van der Waals surface area (Å²) >= 11 is 0. The maximum atomic E-state index is 12.2. The van der Waals surface area contributed by atoms with E-state index in [1.165, 1.54) is 0 Å². The lowest BCUT2D eigenvalue weighted by Crippen LogP contribution is -2.11. The van der Waals surface area contributed by atoms with Gasteiger partial charge in [0.25, 0.3) is 5.91 Å². The Morgan fingerprint density at radius 3 is 2.67 bits per heavy atom. The van der Waals surface area contributed by atoms with Gasteiger partial charge in [0, 0.05) is 11.3 Å². The van der Waals surface area contributed by atoms with Crippen molar-refractivity contribution >= 4 is 22.6 Å². The molecule has 0 unspecified atom stereocenters. The highest BCUT2D eigenvalue weighted by Gasteiger charge is 2.08. The second-order valence-corrected chi connectivity index (χ2v) is 4.74. The van der Waals surface area contributed by atoms with Gasteiger partial charge in [0.1, 0.15) is 11.6 Å². The number of fused-ring (bicyclic) bond motifs is 1. The normalized spacial score (nSPS) is 10.6. The minimum Gasteiger partial charge on any atom is -0.497 e. The molecule has 2 aromatic carbocycles. The first-order valence-electron chi connectivity index (χ1n) is 6.57. The van der Waals surface area contributed by atoms with Gasteiger partial charge < -0.3 is 15.0 Å². The van der Waals surface area contributed by atoms with Crippen LogP contribution in [0.2, 0.25) is 0 Å². The minimum atomic E-state index is -0.158. The zero-order chi connectivity index (χ0) is 14.8. The molecule has 3 rings (SSSR count). The van der Waals surface area contributed by atoms with Crippen molar-refractivity contribution in [1.82, 2.24) is 9.97 Å². The quantitative estimate of drug-likeness (QED) is 0.775. The fraction of sp³-hybridized carbons (Fsp3) is 0.125. The Labute approximate surface area is 122 Å². The second-order valence-electron chi connectivity index (χ2n) is 4.74. The van der Waals surface area contributed by atoms with E-state index in [4.69, 9.17) is 4.74 Å². The maximum Gasteiger partial charge on any atom is 0.255 e. The molecule has 0 radical (unpaired) electrons. The van der Waals surface area contributed by atoms with Gasteiger partial charge >= 0.3 is 0 Å². The molecular weight excluding hydrogens is 266 g/mol. The van der Waals surface area contributed by atoms with Gasteiger partial charge in [0.15, 0.2) is 0 Å². The number of aromatic amines is 1. The van der Waals surface area contributed by atoms with Crippen LogP contribution in [0.3, 0.4) is 0 Å². The number of benzene rings is 2. The molecule has 1 aromatic heterocycles. The Kier molecular flexibility index (Phi) is 3.31. The lowest BCUT2D eigenvalue weighted by molar-refractivity contribution is 0.102. The molecule has 0 atom stereocenters. The molecule has 0 aliphatic carbocycles. The summed E-state index contributed by atoms with van der Waals surface area (Å²) in [7, 11) is 1.61. The molecule has 0 aliphatic rings. The second kappa shape index (κ2) is 5.28.